The first kappa shape index (κ1) is 16.0. The molecule has 0 saturated carbocycles. The molecule has 1 aromatic rings. The Morgan fingerprint density at radius 3 is 2.12 bits per heavy atom. The van der Waals surface area contributed by atoms with Crippen molar-refractivity contribution in [3.63, 3.8) is 0 Å². The third kappa shape index (κ3) is 2.09. The van der Waals surface area contributed by atoms with Crippen molar-refractivity contribution >= 4 is 46.5 Å². The van der Waals surface area contributed by atoms with Crippen LogP contribution in [0.4, 0.5) is 0 Å². The molecule has 0 spiro atoms. The molecule has 0 aromatic carbocycles. The molecule has 11 heteroatoms. The van der Waals surface area contributed by atoms with E-state index in [0.717, 1.165) is 6.07 Å². The van der Waals surface area contributed by atoms with E-state index in [4.69, 9.17) is 10.2 Å². The summed E-state index contributed by atoms with van der Waals surface area (Å²) in [6.45, 7) is 0. The number of aromatic amines is 1. The molecule has 0 bridgehead atoms. The van der Waals surface area contributed by atoms with Gasteiger partial charge in [-0.15, -0.1) is 0 Å². The fourth-order valence-electron chi connectivity index (χ4n) is 2.66. The number of nitrogens with one attached hydrogen (secondary N) is 1. The number of aromatic carboxylic acids is 1. The molecule has 126 valence electrons. The van der Waals surface area contributed by atoms with E-state index >= 15 is 0 Å². The highest BCUT2D eigenvalue weighted by Crippen LogP contribution is 2.36. The fraction of sp³-hybridized carbons (Fsp3) is 0.0714. The first-order valence-electron chi connectivity index (χ1n) is 6.53. The van der Waals surface area contributed by atoms with Crippen LogP contribution < -0.4 is 0 Å². The van der Waals surface area contributed by atoms with Gasteiger partial charge >= 0.3 is 17.9 Å². The van der Waals surface area contributed by atoms with Crippen LogP contribution in [0.1, 0.15) is 26.5 Å². The Kier molecular flexibility index (Phi) is 3.23. The standard InChI is InChI=1S/C14H6N2O9/c17-9-2-1-3(12(20)21)15-6(2)4-5(13(22)23)10(18)8(14(24)25)16-7(4)11(9)19/h1,7,15H,(H,20,21)(H,22,23)(H,24,25). The molecule has 1 unspecified atom stereocenters. The molecule has 1 aromatic heterocycles. The zero-order valence-corrected chi connectivity index (χ0v) is 11.9. The van der Waals surface area contributed by atoms with Crippen LogP contribution >= 0.6 is 0 Å². The number of Topliss-reactive ketones (excluding diaryl/α,β-unsaturated/α-hetero) is 3. The van der Waals surface area contributed by atoms with E-state index in [1.54, 1.807) is 0 Å². The Balaban J connectivity index is 2.39. The lowest BCUT2D eigenvalue weighted by atomic mass is 9.80. The molecule has 1 aliphatic heterocycles. The minimum absolute atomic E-state index is 0.356. The van der Waals surface area contributed by atoms with E-state index in [-0.39, 0.29) is 5.69 Å². The smallest absolute Gasteiger partial charge is 0.358 e. The summed E-state index contributed by atoms with van der Waals surface area (Å²) in [6.07, 6.45) is 0. The second-order valence-electron chi connectivity index (χ2n) is 5.08. The number of rotatable bonds is 3. The zero-order valence-electron chi connectivity index (χ0n) is 11.9. The lowest BCUT2D eigenvalue weighted by Crippen LogP contribution is -2.43. The molecule has 0 amide bonds. The van der Waals surface area contributed by atoms with Crippen molar-refractivity contribution in [3.05, 3.63) is 28.6 Å². The first-order valence-corrected chi connectivity index (χ1v) is 6.53. The number of ketones is 3. The van der Waals surface area contributed by atoms with E-state index in [9.17, 15) is 33.9 Å². The lowest BCUT2D eigenvalue weighted by Gasteiger charge is -2.25. The monoisotopic (exact) mass is 346 g/mol. The molecule has 0 saturated heterocycles. The van der Waals surface area contributed by atoms with Crippen LogP contribution in [-0.4, -0.2) is 67.3 Å². The summed E-state index contributed by atoms with van der Waals surface area (Å²) in [5.74, 6) is -9.06. The van der Waals surface area contributed by atoms with Crippen LogP contribution in [0.25, 0.3) is 5.57 Å². The van der Waals surface area contributed by atoms with Gasteiger partial charge in [0.05, 0.1) is 11.3 Å². The normalized spacial score (nSPS) is 19.3. The summed E-state index contributed by atoms with van der Waals surface area (Å²) in [7, 11) is 0. The summed E-state index contributed by atoms with van der Waals surface area (Å²) in [6, 6.07) is -1.02. The van der Waals surface area contributed by atoms with Gasteiger partial charge in [0.25, 0.3) is 0 Å². The number of hydrogen-bond donors (Lipinski definition) is 4. The quantitative estimate of drug-likeness (QED) is 0.384. The zero-order chi connectivity index (χ0) is 18.6. The number of carbonyl (C=O) groups is 6. The number of aliphatic imine (C=N–C) groups is 1. The van der Waals surface area contributed by atoms with Crippen molar-refractivity contribution in [3.8, 4) is 0 Å². The SMILES string of the molecule is O=C(O)C1=NC2C(=O)C(=O)c3cc(C(=O)O)[nH]c3C2=C(C(=O)O)C1=O. The predicted octanol–water partition coefficient (Wildman–Crippen LogP) is -1.21. The number of aromatic nitrogens is 1. The maximum Gasteiger partial charge on any atom is 0.358 e. The highest BCUT2D eigenvalue weighted by Gasteiger charge is 2.48. The van der Waals surface area contributed by atoms with Gasteiger partial charge in [0, 0.05) is 5.57 Å². The molecular weight excluding hydrogens is 340 g/mol. The van der Waals surface area contributed by atoms with Gasteiger partial charge in [-0.05, 0) is 6.07 Å². The van der Waals surface area contributed by atoms with Crippen molar-refractivity contribution in [2.75, 3.05) is 0 Å². The molecule has 1 aliphatic carbocycles. The molecule has 2 heterocycles. The van der Waals surface area contributed by atoms with E-state index in [2.05, 4.69) is 9.98 Å². The van der Waals surface area contributed by atoms with Crippen LogP contribution in [-0.2, 0) is 19.2 Å². The minimum Gasteiger partial charge on any atom is -0.478 e. The molecule has 1 atom stereocenters. The fourth-order valence-corrected chi connectivity index (χ4v) is 2.66. The van der Waals surface area contributed by atoms with E-state index in [1.807, 2.05) is 0 Å². The molecule has 2 aliphatic rings. The highest BCUT2D eigenvalue weighted by molar-refractivity contribution is 6.71. The number of dihydropyridines is 1. The average Bonchev–Trinajstić information content (AvgIpc) is 2.96. The predicted molar refractivity (Wildman–Crippen MR) is 75.5 cm³/mol. The summed E-state index contributed by atoms with van der Waals surface area (Å²) in [4.78, 5) is 75.7. The molecule has 3 rings (SSSR count). The maximum absolute atomic E-state index is 12.2. The van der Waals surface area contributed by atoms with E-state index in [1.165, 1.54) is 0 Å². The molecule has 0 fully saturated rings. The van der Waals surface area contributed by atoms with Crippen molar-refractivity contribution in [1.82, 2.24) is 4.98 Å². The van der Waals surface area contributed by atoms with Crippen molar-refractivity contribution in [2.45, 2.75) is 6.04 Å². The number of carboxylic acid groups (broad SMARTS) is 3. The summed E-state index contributed by atoms with van der Waals surface area (Å²) in [5.41, 5.74) is -4.07. The van der Waals surface area contributed by atoms with Gasteiger partial charge in [-0.25, -0.2) is 14.4 Å². The Morgan fingerprint density at radius 2 is 1.60 bits per heavy atom. The number of nitrogens with zero attached hydrogens (tertiary/aromatic N) is 1. The first-order chi connectivity index (χ1) is 11.6. The number of fused-ring (bicyclic) bond motifs is 3. The second kappa shape index (κ2) is 5.06. The maximum atomic E-state index is 12.2. The Hall–Kier alpha value is -3.89. The van der Waals surface area contributed by atoms with Crippen LogP contribution in [0.15, 0.2) is 16.6 Å². The molecule has 11 nitrogen and oxygen atoms in total. The van der Waals surface area contributed by atoms with Crippen LogP contribution in [0.3, 0.4) is 0 Å². The second-order valence-corrected chi connectivity index (χ2v) is 5.08. The third-order valence-electron chi connectivity index (χ3n) is 3.69. The van der Waals surface area contributed by atoms with Gasteiger partial charge in [0.1, 0.15) is 17.3 Å². The largest absolute Gasteiger partial charge is 0.478 e. The number of H-pyrrole nitrogens is 1. The summed E-state index contributed by atoms with van der Waals surface area (Å²) < 4.78 is 0. The third-order valence-corrected chi connectivity index (χ3v) is 3.69. The summed E-state index contributed by atoms with van der Waals surface area (Å²) >= 11 is 0. The van der Waals surface area contributed by atoms with Crippen molar-refractivity contribution in [2.24, 2.45) is 4.99 Å². The number of carbonyl (C=O) groups excluding carboxylic acids is 3. The summed E-state index contributed by atoms with van der Waals surface area (Å²) in [5, 5.41) is 27.3. The van der Waals surface area contributed by atoms with E-state index < -0.39 is 69.4 Å². The van der Waals surface area contributed by atoms with Gasteiger partial charge in [-0.2, -0.15) is 0 Å². The number of carboxylic acids is 3. The minimum atomic E-state index is -1.86. The Labute approximate surface area is 136 Å². The van der Waals surface area contributed by atoms with Crippen LogP contribution in [0.2, 0.25) is 0 Å². The van der Waals surface area contributed by atoms with Gasteiger partial charge in [-0.1, -0.05) is 0 Å². The molecule has 25 heavy (non-hydrogen) atoms. The lowest BCUT2D eigenvalue weighted by molar-refractivity contribution is -0.133. The average molecular weight is 346 g/mol. The number of aliphatic carboxylic acids is 2. The Bertz CT molecular complexity index is 992. The van der Waals surface area contributed by atoms with Crippen molar-refractivity contribution in [1.29, 1.82) is 0 Å². The van der Waals surface area contributed by atoms with Crippen LogP contribution in [0, 0.1) is 0 Å². The van der Waals surface area contributed by atoms with Gasteiger partial charge in [0.2, 0.25) is 17.3 Å². The van der Waals surface area contributed by atoms with Crippen molar-refractivity contribution < 1.29 is 44.1 Å². The highest BCUT2D eigenvalue weighted by atomic mass is 16.4. The number of hydrogen-bond acceptors (Lipinski definition) is 7. The van der Waals surface area contributed by atoms with E-state index in [0.29, 0.717) is 0 Å². The molecule has 4 N–H and O–H groups in total. The van der Waals surface area contributed by atoms with Gasteiger partial charge in [0.15, 0.2) is 5.71 Å². The topological polar surface area (TPSA) is 191 Å². The molecular formula is C14H6N2O9. The van der Waals surface area contributed by atoms with Gasteiger partial charge in [-0.3, -0.25) is 19.4 Å². The molecule has 0 radical (unpaired) electrons. The Morgan fingerprint density at radius 1 is 0.960 bits per heavy atom. The van der Waals surface area contributed by atoms with Crippen LogP contribution in [0.5, 0.6) is 0 Å². The van der Waals surface area contributed by atoms with Gasteiger partial charge < -0.3 is 20.3 Å².